The predicted molar refractivity (Wildman–Crippen MR) is 62.8 cm³/mol. The topological polar surface area (TPSA) is 55.4 Å². The van der Waals surface area contributed by atoms with Crippen molar-refractivity contribution in [3.05, 3.63) is 26.8 Å². The third kappa shape index (κ3) is 1.83. The number of hydrogen-bond acceptors (Lipinski definition) is 3. The molecule has 0 atom stereocenters. The quantitative estimate of drug-likeness (QED) is 0.632. The van der Waals surface area contributed by atoms with Gasteiger partial charge in [-0.1, -0.05) is 0 Å². The van der Waals surface area contributed by atoms with Crippen LogP contribution in [0, 0.1) is 3.57 Å². The average Bonchev–Trinajstić information content (AvgIpc) is 2.55. The highest BCUT2D eigenvalue weighted by molar-refractivity contribution is 14.1. The van der Waals surface area contributed by atoms with Gasteiger partial charge in [0, 0.05) is 9.26 Å². The van der Waals surface area contributed by atoms with Crippen LogP contribution in [0.4, 0.5) is 5.69 Å². The number of hydrogen-bond donors (Lipinski definition) is 1. The van der Waals surface area contributed by atoms with Crippen LogP contribution in [-0.4, -0.2) is 19.0 Å². The van der Waals surface area contributed by atoms with Crippen LogP contribution in [0.25, 0.3) is 0 Å². The molecule has 2 rings (SSSR count). The van der Waals surface area contributed by atoms with E-state index in [1.807, 2.05) is 6.07 Å². The smallest absolute Gasteiger partial charge is 0.339 e. The first-order valence-electron chi connectivity index (χ1n) is 4.32. The molecular formula is C10H8INO3. The Kier molecular flexibility index (Phi) is 2.64. The average molecular weight is 317 g/mol. The van der Waals surface area contributed by atoms with Crippen LogP contribution in [0.2, 0.25) is 0 Å². The fourth-order valence-corrected chi connectivity index (χ4v) is 2.26. The van der Waals surface area contributed by atoms with Crippen molar-refractivity contribution in [2.75, 3.05) is 12.4 Å². The Morgan fingerprint density at radius 2 is 2.27 bits per heavy atom. The molecule has 0 saturated heterocycles. The van der Waals surface area contributed by atoms with Crippen LogP contribution in [0.1, 0.15) is 15.9 Å². The van der Waals surface area contributed by atoms with E-state index in [0.29, 0.717) is 17.7 Å². The van der Waals surface area contributed by atoms with Gasteiger partial charge in [-0.25, -0.2) is 4.79 Å². The number of amides is 1. The molecule has 1 aromatic rings. The number of methoxy groups -OCH3 is 1. The summed E-state index contributed by atoms with van der Waals surface area (Å²) in [6, 6.07) is 3.49. The Labute approximate surface area is 100 Å². The minimum atomic E-state index is -0.386. The molecule has 0 aliphatic carbocycles. The van der Waals surface area contributed by atoms with E-state index in [0.717, 1.165) is 9.13 Å². The molecule has 0 bridgehead atoms. The van der Waals surface area contributed by atoms with E-state index in [1.165, 1.54) is 7.11 Å². The summed E-state index contributed by atoms with van der Waals surface area (Å²) in [4.78, 5) is 22.5. The van der Waals surface area contributed by atoms with Gasteiger partial charge in [0.25, 0.3) is 0 Å². The van der Waals surface area contributed by atoms with Gasteiger partial charge in [0.1, 0.15) is 0 Å². The van der Waals surface area contributed by atoms with E-state index in [2.05, 4.69) is 32.6 Å². The van der Waals surface area contributed by atoms with Gasteiger partial charge in [-0.15, -0.1) is 0 Å². The number of benzene rings is 1. The summed E-state index contributed by atoms with van der Waals surface area (Å²) in [5, 5.41) is 2.69. The second-order valence-corrected chi connectivity index (χ2v) is 4.37. The van der Waals surface area contributed by atoms with Gasteiger partial charge in [0.05, 0.1) is 19.1 Å². The summed E-state index contributed by atoms with van der Waals surface area (Å²) in [5.41, 5.74) is 2.12. The van der Waals surface area contributed by atoms with E-state index in [1.54, 1.807) is 6.07 Å². The van der Waals surface area contributed by atoms with Crippen LogP contribution < -0.4 is 5.32 Å². The number of anilines is 1. The first-order chi connectivity index (χ1) is 7.11. The van der Waals surface area contributed by atoms with Crippen LogP contribution in [-0.2, 0) is 16.0 Å². The van der Waals surface area contributed by atoms with Crippen molar-refractivity contribution in [2.24, 2.45) is 0 Å². The zero-order valence-corrected chi connectivity index (χ0v) is 10.1. The number of nitrogens with one attached hydrogen (secondary N) is 1. The number of fused-ring (bicyclic) bond motifs is 1. The van der Waals surface area contributed by atoms with Crippen molar-refractivity contribution in [3.63, 3.8) is 0 Å². The third-order valence-electron chi connectivity index (χ3n) is 2.22. The zero-order valence-electron chi connectivity index (χ0n) is 7.96. The molecule has 78 valence electrons. The number of rotatable bonds is 1. The first-order valence-corrected chi connectivity index (χ1v) is 5.40. The highest BCUT2D eigenvalue weighted by Gasteiger charge is 2.21. The molecule has 0 unspecified atom stereocenters. The molecule has 1 N–H and O–H groups in total. The van der Waals surface area contributed by atoms with Crippen molar-refractivity contribution < 1.29 is 14.3 Å². The highest BCUT2D eigenvalue weighted by Crippen LogP contribution is 2.28. The molecule has 1 heterocycles. The van der Waals surface area contributed by atoms with E-state index < -0.39 is 0 Å². The predicted octanol–water partition coefficient (Wildman–Crippen LogP) is 1.57. The van der Waals surface area contributed by atoms with Gasteiger partial charge in [-0.3, -0.25) is 4.79 Å². The van der Waals surface area contributed by atoms with Gasteiger partial charge in [0.2, 0.25) is 5.91 Å². The van der Waals surface area contributed by atoms with Crippen LogP contribution >= 0.6 is 22.6 Å². The molecule has 0 fully saturated rings. The highest BCUT2D eigenvalue weighted by atomic mass is 127. The lowest BCUT2D eigenvalue weighted by molar-refractivity contribution is -0.115. The van der Waals surface area contributed by atoms with Crippen LogP contribution in [0.5, 0.6) is 0 Å². The maximum atomic E-state index is 11.4. The minimum Gasteiger partial charge on any atom is -0.465 e. The van der Waals surface area contributed by atoms with Crippen molar-refractivity contribution in [2.45, 2.75) is 6.42 Å². The van der Waals surface area contributed by atoms with Gasteiger partial charge < -0.3 is 10.1 Å². The summed E-state index contributed by atoms with van der Waals surface area (Å²) < 4.78 is 5.45. The molecule has 15 heavy (non-hydrogen) atoms. The Morgan fingerprint density at radius 1 is 1.53 bits per heavy atom. The normalized spacial score (nSPS) is 13.3. The minimum absolute atomic E-state index is 0.0391. The largest absolute Gasteiger partial charge is 0.465 e. The van der Waals surface area contributed by atoms with Gasteiger partial charge in [0.15, 0.2) is 0 Å². The van der Waals surface area contributed by atoms with Crippen molar-refractivity contribution in [1.29, 1.82) is 0 Å². The SMILES string of the molecule is COC(=O)c1cc2c(cc1I)CC(=O)N2. The zero-order chi connectivity index (χ0) is 11.0. The second kappa shape index (κ2) is 3.80. The molecule has 0 radical (unpaired) electrons. The van der Waals surface area contributed by atoms with Crippen molar-refractivity contribution in [3.8, 4) is 0 Å². The third-order valence-corrected chi connectivity index (χ3v) is 3.12. The number of carbonyl (C=O) groups excluding carboxylic acids is 2. The van der Waals surface area contributed by atoms with Gasteiger partial charge in [-0.05, 0) is 40.3 Å². The maximum absolute atomic E-state index is 11.4. The number of ether oxygens (including phenoxy) is 1. The van der Waals surface area contributed by atoms with E-state index in [9.17, 15) is 9.59 Å². The molecule has 1 aliphatic rings. The lowest BCUT2D eigenvalue weighted by Crippen LogP contribution is -2.05. The molecule has 0 saturated carbocycles. The molecule has 1 aliphatic heterocycles. The molecular weight excluding hydrogens is 309 g/mol. The first kappa shape index (κ1) is 10.4. The summed E-state index contributed by atoms with van der Waals surface area (Å²) in [6.07, 6.45) is 0.382. The lowest BCUT2D eigenvalue weighted by Gasteiger charge is -2.05. The Balaban J connectivity index is 2.48. The van der Waals surface area contributed by atoms with Crippen LogP contribution in [0.15, 0.2) is 12.1 Å². The van der Waals surface area contributed by atoms with E-state index >= 15 is 0 Å². The monoisotopic (exact) mass is 317 g/mol. The maximum Gasteiger partial charge on any atom is 0.339 e. The lowest BCUT2D eigenvalue weighted by atomic mass is 10.1. The summed E-state index contributed by atoms with van der Waals surface area (Å²) in [6.45, 7) is 0. The summed E-state index contributed by atoms with van der Waals surface area (Å²) in [5.74, 6) is -0.425. The molecule has 1 aromatic carbocycles. The molecule has 5 heteroatoms. The summed E-state index contributed by atoms with van der Waals surface area (Å²) in [7, 11) is 1.34. The van der Waals surface area contributed by atoms with Gasteiger partial charge >= 0.3 is 5.97 Å². The molecule has 4 nitrogen and oxygen atoms in total. The Morgan fingerprint density at radius 3 is 2.93 bits per heavy atom. The van der Waals surface area contributed by atoms with Gasteiger partial charge in [-0.2, -0.15) is 0 Å². The number of halogens is 1. The van der Waals surface area contributed by atoms with E-state index in [4.69, 9.17) is 0 Å². The van der Waals surface area contributed by atoms with Crippen molar-refractivity contribution >= 4 is 40.2 Å². The fraction of sp³-hybridized carbons (Fsp3) is 0.200. The number of esters is 1. The molecule has 1 amide bonds. The number of carbonyl (C=O) groups is 2. The second-order valence-electron chi connectivity index (χ2n) is 3.21. The molecule has 0 spiro atoms. The Hall–Kier alpha value is -1.11. The summed E-state index contributed by atoms with van der Waals surface area (Å²) >= 11 is 2.06. The molecule has 0 aromatic heterocycles. The fourth-order valence-electron chi connectivity index (χ4n) is 1.51. The van der Waals surface area contributed by atoms with E-state index in [-0.39, 0.29) is 11.9 Å². The van der Waals surface area contributed by atoms with Crippen LogP contribution in [0.3, 0.4) is 0 Å². The Bertz CT molecular complexity index is 456. The van der Waals surface area contributed by atoms with Crippen molar-refractivity contribution in [1.82, 2.24) is 0 Å². The standard InChI is InChI=1S/C10H8INO3/c1-15-10(14)6-4-8-5(2-7(6)11)3-9(13)12-8/h2,4H,3H2,1H3,(H,12,13).